The van der Waals surface area contributed by atoms with Gasteiger partial charge in [0.2, 0.25) is 5.91 Å². The lowest BCUT2D eigenvalue weighted by Gasteiger charge is -2.44. The fraction of sp³-hybridized carbons (Fsp3) is 0.440. The van der Waals surface area contributed by atoms with Crippen LogP contribution in [0.3, 0.4) is 0 Å². The molecule has 1 amide bonds. The van der Waals surface area contributed by atoms with Crippen LogP contribution in [-0.2, 0) is 4.79 Å². The third kappa shape index (κ3) is 4.86. The molecular weight excluding hydrogens is 448 g/mol. The summed E-state index contributed by atoms with van der Waals surface area (Å²) in [5.74, 6) is -0.519. The molecule has 5 rings (SSSR count). The minimum absolute atomic E-state index is 0.0551. The van der Waals surface area contributed by atoms with Gasteiger partial charge >= 0.3 is 0 Å². The zero-order chi connectivity index (χ0) is 23.5. The average molecular weight is 481 g/mol. The SMILES string of the molecule is CN(C1NC(=O)C(c2nc3ccccc3s2)C(N[C@@H]2CCCNC2)N1)[C@@H](CO)c1ccccc1. The molecule has 0 spiro atoms. The molecule has 0 saturated carbocycles. The second kappa shape index (κ2) is 10.5. The second-order valence-corrected chi connectivity index (χ2v) is 10.1. The highest BCUT2D eigenvalue weighted by molar-refractivity contribution is 7.18. The molecule has 2 fully saturated rings. The molecule has 34 heavy (non-hydrogen) atoms. The van der Waals surface area contributed by atoms with E-state index in [0.29, 0.717) is 0 Å². The van der Waals surface area contributed by atoms with Gasteiger partial charge in [-0.3, -0.25) is 20.3 Å². The van der Waals surface area contributed by atoms with Crippen LogP contribution < -0.4 is 21.3 Å². The molecule has 2 aliphatic rings. The Hall–Kier alpha value is -2.40. The molecular formula is C25H32N6O2S. The van der Waals surface area contributed by atoms with Crippen LogP contribution in [-0.4, -0.2) is 66.1 Å². The van der Waals surface area contributed by atoms with Gasteiger partial charge in [0.05, 0.1) is 29.0 Å². The van der Waals surface area contributed by atoms with Gasteiger partial charge in [-0.1, -0.05) is 42.5 Å². The van der Waals surface area contributed by atoms with Gasteiger partial charge in [-0.05, 0) is 44.1 Å². The number of fused-ring (bicyclic) bond motifs is 1. The fourth-order valence-electron chi connectivity index (χ4n) is 4.90. The Kier molecular flexibility index (Phi) is 7.19. The predicted octanol–water partition coefficient (Wildman–Crippen LogP) is 1.72. The van der Waals surface area contributed by atoms with E-state index in [1.807, 2.05) is 66.5 Å². The Bertz CT molecular complexity index is 1070. The van der Waals surface area contributed by atoms with Crippen molar-refractivity contribution in [1.82, 2.24) is 31.2 Å². The zero-order valence-electron chi connectivity index (χ0n) is 19.3. The van der Waals surface area contributed by atoms with Gasteiger partial charge in [-0.25, -0.2) is 4.98 Å². The maximum Gasteiger partial charge on any atom is 0.235 e. The molecule has 9 heteroatoms. The minimum Gasteiger partial charge on any atom is -0.394 e. The fourth-order valence-corrected chi connectivity index (χ4v) is 6.00. The highest BCUT2D eigenvalue weighted by Gasteiger charge is 2.42. The number of nitrogens with zero attached hydrogens (tertiary/aromatic N) is 2. The molecule has 0 bridgehead atoms. The number of amides is 1. The molecule has 5 atom stereocenters. The molecule has 5 N–H and O–H groups in total. The maximum absolute atomic E-state index is 13.6. The van der Waals surface area contributed by atoms with Gasteiger partial charge < -0.3 is 15.7 Å². The van der Waals surface area contributed by atoms with Gasteiger partial charge in [0.25, 0.3) is 0 Å². The number of hydrogen-bond donors (Lipinski definition) is 5. The van der Waals surface area contributed by atoms with E-state index in [0.717, 1.165) is 46.7 Å². The van der Waals surface area contributed by atoms with E-state index in [4.69, 9.17) is 4.98 Å². The number of likely N-dealkylation sites (N-methyl/N-ethyl adjacent to an activating group) is 1. The van der Waals surface area contributed by atoms with Crippen molar-refractivity contribution in [3.63, 3.8) is 0 Å². The quantitative estimate of drug-likeness (QED) is 0.351. The van der Waals surface area contributed by atoms with Crippen molar-refractivity contribution in [2.45, 2.75) is 43.3 Å². The van der Waals surface area contributed by atoms with Crippen LogP contribution in [0.1, 0.15) is 35.4 Å². The van der Waals surface area contributed by atoms with E-state index < -0.39 is 12.2 Å². The number of carbonyl (C=O) groups is 1. The van der Waals surface area contributed by atoms with Crippen molar-refractivity contribution < 1.29 is 9.90 Å². The van der Waals surface area contributed by atoms with Gasteiger partial charge in [-0.2, -0.15) is 0 Å². The van der Waals surface area contributed by atoms with Crippen LogP contribution in [0.25, 0.3) is 10.2 Å². The summed E-state index contributed by atoms with van der Waals surface area (Å²) in [5.41, 5.74) is 1.91. The van der Waals surface area contributed by atoms with E-state index in [9.17, 15) is 9.90 Å². The first-order chi connectivity index (χ1) is 16.6. The van der Waals surface area contributed by atoms with Crippen LogP contribution >= 0.6 is 11.3 Å². The number of para-hydroxylation sites is 1. The number of aromatic nitrogens is 1. The summed E-state index contributed by atoms with van der Waals surface area (Å²) in [4.78, 5) is 20.3. The molecule has 2 aliphatic heterocycles. The third-order valence-electron chi connectivity index (χ3n) is 6.78. The summed E-state index contributed by atoms with van der Waals surface area (Å²) >= 11 is 1.57. The average Bonchev–Trinajstić information content (AvgIpc) is 3.29. The minimum atomic E-state index is -0.451. The summed E-state index contributed by atoms with van der Waals surface area (Å²) in [6, 6.07) is 17.9. The summed E-state index contributed by atoms with van der Waals surface area (Å²) in [6.07, 6.45) is 1.43. The first-order valence-electron chi connectivity index (χ1n) is 11.9. The Balaban J connectivity index is 1.42. The summed E-state index contributed by atoms with van der Waals surface area (Å²) < 4.78 is 1.08. The lowest BCUT2D eigenvalue weighted by molar-refractivity contribution is -0.130. The molecule has 3 unspecified atom stereocenters. The number of thiazole rings is 1. The van der Waals surface area contributed by atoms with Crippen molar-refractivity contribution in [1.29, 1.82) is 0 Å². The highest BCUT2D eigenvalue weighted by atomic mass is 32.1. The van der Waals surface area contributed by atoms with Gasteiger partial charge in [0.15, 0.2) is 0 Å². The van der Waals surface area contributed by atoms with Crippen LogP contribution in [0.5, 0.6) is 0 Å². The van der Waals surface area contributed by atoms with Crippen molar-refractivity contribution >= 4 is 27.5 Å². The van der Waals surface area contributed by atoms with E-state index in [1.165, 1.54) is 0 Å². The summed E-state index contributed by atoms with van der Waals surface area (Å²) in [7, 11) is 1.92. The number of hydrogen-bond acceptors (Lipinski definition) is 8. The molecule has 1 aromatic heterocycles. The van der Waals surface area contributed by atoms with Gasteiger partial charge in [0, 0.05) is 12.6 Å². The zero-order valence-corrected chi connectivity index (χ0v) is 20.1. The van der Waals surface area contributed by atoms with Crippen LogP contribution in [0.2, 0.25) is 0 Å². The topological polar surface area (TPSA) is 102 Å². The van der Waals surface area contributed by atoms with Crippen molar-refractivity contribution in [2.24, 2.45) is 0 Å². The second-order valence-electron chi connectivity index (χ2n) is 9.04. The number of benzene rings is 2. The lowest BCUT2D eigenvalue weighted by Crippen LogP contribution is -2.70. The standard InChI is InChI=1S/C25H32N6O2S/c1-31(19(15-32)16-8-3-2-4-9-16)25-29-22(27-17-10-7-13-26-14-17)21(23(33)30-25)24-28-18-11-5-6-12-20(18)34-24/h2-6,8-9,11-12,17,19,21-22,25-27,29,32H,7,10,13-15H2,1H3,(H,30,33)/t17-,19+,21?,22?,25?/m1/s1. The molecule has 180 valence electrons. The highest BCUT2D eigenvalue weighted by Crippen LogP contribution is 2.32. The number of rotatable bonds is 7. The Labute approximate surface area is 203 Å². The normalized spacial score (nSPS) is 26.5. The van der Waals surface area contributed by atoms with Crippen LogP contribution in [0.15, 0.2) is 54.6 Å². The monoisotopic (exact) mass is 480 g/mol. The van der Waals surface area contributed by atoms with Crippen LogP contribution in [0, 0.1) is 0 Å². The number of aliphatic hydroxyl groups is 1. The first-order valence-corrected chi connectivity index (χ1v) is 12.7. The number of nitrogens with one attached hydrogen (secondary N) is 4. The van der Waals surface area contributed by atoms with E-state index in [2.05, 4.69) is 21.3 Å². The van der Waals surface area contributed by atoms with E-state index >= 15 is 0 Å². The van der Waals surface area contributed by atoms with Crippen molar-refractivity contribution in [2.75, 3.05) is 26.7 Å². The van der Waals surface area contributed by atoms with Gasteiger partial charge in [0.1, 0.15) is 17.2 Å². The Morgan fingerprint density at radius 2 is 2.00 bits per heavy atom. The number of piperidine rings is 1. The summed E-state index contributed by atoms with van der Waals surface area (Å²) in [6.45, 7) is 1.84. The van der Waals surface area contributed by atoms with E-state index in [-0.39, 0.29) is 30.8 Å². The third-order valence-corrected chi connectivity index (χ3v) is 7.90. The molecule has 2 saturated heterocycles. The van der Waals surface area contributed by atoms with Gasteiger partial charge in [-0.15, -0.1) is 11.3 Å². The molecule has 8 nitrogen and oxygen atoms in total. The molecule has 3 heterocycles. The number of aliphatic hydroxyl groups excluding tert-OH is 1. The molecule has 0 aliphatic carbocycles. The van der Waals surface area contributed by atoms with Crippen LogP contribution in [0.4, 0.5) is 0 Å². The Morgan fingerprint density at radius 1 is 1.21 bits per heavy atom. The number of carbonyl (C=O) groups excluding carboxylic acids is 1. The first kappa shape index (κ1) is 23.3. The molecule has 3 aromatic rings. The lowest BCUT2D eigenvalue weighted by atomic mass is 9.99. The largest absolute Gasteiger partial charge is 0.394 e. The van der Waals surface area contributed by atoms with E-state index in [1.54, 1.807) is 11.3 Å². The smallest absolute Gasteiger partial charge is 0.235 e. The molecule has 0 radical (unpaired) electrons. The molecule has 2 aromatic carbocycles. The van der Waals surface area contributed by atoms with Crippen molar-refractivity contribution in [3.05, 3.63) is 65.2 Å². The Morgan fingerprint density at radius 3 is 2.74 bits per heavy atom. The maximum atomic E-state index is 13.6. The summed E-state index contributed by atoms with van der Waals surface area (Å²) in [5, 5.41) is 24.9. The predicted molar refractivity (Wildman–Crippen MR) is 134 cm³/mol. The van der Waals surface area contributed by atoms with Crippen molar-refractivity contribution in [3.8, 4) is 0 Å².